The number of hydrogen-bond donors (Lipinski definition) is 0. The summed E-state index contributed by atoms with van der Waals surface area (Å²) in [5.74, 6) is -0.579. The Bertz CT molecular complexity index is 815. The predicted molar refractivity (Wildman–Crippen MR) is 101 cm³/mol. The Morgan fingerprint density at radius 3 is 2.25 bits per heavy atom. The summed E-state index contributed by atoms with van der Waals surface area (Å²) in [4.78, 5) is 40.2. The maximum atomic E-state index is 12.8. The first-order chi connectivity index (χ1) is 13.2. The van der Waals surface area contributed by atoms with Gasteiger partial charge in [0, 0.05) is 18.6 Å². The lowest BCUT2D eigenvalue weighted by molar-refractivity contribution is -0.384. The third-order valence-electron chi connectivity index (χ3n) is 3.60. The number of carbonyl (C=O) groups is 2. The van der Waals surface area contributed by atoms with E-state index in [9.17, 15) is 19.7 Å². The fraction of sp³-hybridized carbons (Fsp3) is 0.300. The maximum absolute atomic E-state index is 12.8. The zero-order valence-electron chi connectivity index (χ0n) is 15.9. The minimum absolute atomic E-state index is 0.119. The van der Waals surface area contributed by atoms with Gasteiger partial charge in [-0.05, 0) is 38.5 Å². The molecule has 8 nitrogen and oxygen atoms in total. The van der Waals surface area contributed by atoms with E-state index in [0.717, 1.165) is 10.6 Å². The van der Waals surface area contributed by atoms with Crippen molar-refractivity contribution >= 4 is 18.1 Å². The number of hydrogen-bond acceptors (Lipinski definition) is 6. The summed E-state index contributed by atoms with van der Waals surface area (Å²) >= 11 is 0. The van der Waals surface area contributed by atoms with Crippen LogP contribution in [0.3, 0.4) is 0 Å². The molecule has 0 heterocycles. The second-order valence-corrected chi connectivity index (χ2v) is 7.05. The topological polar surface area (TPSA) is 99.0 Å². The number of nitro benzene ring substituents is 1. The average Bonchev–Trinajstić information content (AvgIpc) is 2.65. The Morgan fingerprint density at radius 1 is 1.14 bits per heavy atom. The Hall–Kier alpha value is -3.26. The Labute approximate surface area is 162 Å². The van der Waals surface area contributed by atoms with Gasteiger partial charge in [0.05, 0.1) is 10.5 Å². The molecule has 0 unspecified atom stereocenters. The van der Waals surface area contributed by atoms with Crippen LogP contribution in [0.2, 0.25) is 0 Å². The lowest BCUT2D eigenvalue weighted by Gasteiger charge is -2.31. The number of non-ortho nitro benzene ring substituents is 1. The van der Waals surface area contributed by atoms with E-state index in [1.807, 2.05) is 30.3 Å². The molecule has 2 aromatic rings. The highest BCUT2D eigenvalue weighted by molar-refractivity contribution is 5.80. The molecule has 0 saturated carbocycles. The molecule has 0 N–H and O–H groups in total. The van der Waals surface area contributed by atoms with Crippen molar-refractivity contribution in [3.63, 3.8) is 0 Å². The predicted octanol–water partition coefficient (Wildman–Crippen LogP) is 3.30. The number of ether oxygens (including phenoxy) is 1. The Balaban J connectivity index is 2.24. The molecule has 2 aromatic carbocycles. The molecule has 0 bridgehead atoms. The number of benzene rings is 2. The highest BCUT2D eigenvalue weighted by Crippen LogP contribution is 2.20. The van der Waals surface area contributed by atoms with Crippen molar-refractivity contribution in [1.29, 1.82) is 0 Å². The van der Waals surface area contributed by atoms with Gasteiger partial charge >= 0.3 is 5.97 Å². The molecule has 0 aromatic heterocycles. The van der Waals surface area contributed by atoms with Gasteiger partial charge in [0.1, 0.15) is 5.75 Å². The third-order valence-corrected chi connectivity index (χ3v) is 3.60. The molecule has 1 atom stereocenters. The van der Waals surface area contributed by atoms with E-state index < -0.39 is 22.5 Å². The number of rotatable bonds is 8. The first-order valence-corrected chi connectivity index (χ1v) is 8.62. The lowest BCUT2D eigenvalue weighted by Crippen LogP contribution is -2.47. The molecule has 8 heteroatoms. The van der Waals surface area contributed by atoms with Crippen LogP contribution in [0.5, 0.6) is 5.75 Å². The van der Waals surface area contributed by atoms with Crippen LogP contribution >= 0.6 is 0 Å². The highest BCUT2D eigenvalue weighted by atomic mass is 16.7. The first kappa shape index (κ1) is 21.0. The smallest absolute Gasteiger partial charge is 0.337 e. The lowest BCUT2D eigenvalue weighted by atomic mass is 10.1. The van der Waals surface area contributed by atoms with E-state index in [4.69, 9.17) is 9.57 Å². The van der Waals surface area contributed by atoms with Gasteiger partial charge in [0.2, 0.25) is 6.41 Å². The Morgan fingerprint density at radius 2 is 1.75 bits per heavy atom. The molecule has 0 aliphatic rings. The molecule has 2 rings (SSSR count). The van der Waals surface area contributed by atoms with Crippen molar-refractivity contribution in [2.24, 2.45) is 0 Å². The number of nitrogens with zero attached hydrogens (tertiary/aromatic N) is 2. The van der Waals surface area contributed by atoms with Crippen LogP contribution in [0, 0.1) is 10.1 Å². The van der Waals surface area contributed by atoms with Crippen molar-refractivity contribution in [1.82, 2.24) is 5.06 Å². The Kier molecular flexibility index (Phi) is 6.84. The van der Waals surface area contributed by atoms with Gasteiger partial charge in [0.15, 0.2) is 6.04 Å². The van der Waals surface area contributed by atoms with E-state index in [1.165, 1.54) is 24.3 Å². The van der Waals surface area contributed by atoms with E-state index in [1.54, 1.807) is 20.8 Å². The minimum atomic E-state index is -1.03. The molecule has 1 amide bonds. The summed E-state index contributed by atoms with van der Waals surface area (Å²) in [6.45, 7) is 5.26. The molecule has 148 valence electrons. The SMILES string of the molecule is CC(C)(C)ON(C=O)[C@@H](Cc1ccccc1)C(=O)Oc1ccc([N+](=O)[O-])cc1. The maximum Gasteiger partial charge on any atom is 0.337 e. The molecule has 0 fully saturated rings. The van der Waals surface area contributed by atoms with Crippen molar-refractivity contribution < 1.29 is 24.1 Å². The van der Waals surface area contributed by atoms with Gasteiger partial charge < -0.3 is 4.74 Å². The van der Waals surface area contributed by atoms with E-state index in [0.29, 0.717) is 6.41 Å². The van der Waals surface area contributed by atoms with Gasteiger partial charge in [-0.2, -0.15) is 0 Å². The van der Waals surface area contributed by atoms with Crippen LogP contribution in [0.1, 0.15) is 26.3 Å². The summed E-state index contributed by atoms with van der Waals surface area (Å²) in [5.41, 5.74) is -0.00698. The summed E-state index contributed by atoms with van der Waals surface area (Å²) in [6.07, 6.45) is 0.622. The number of amides is 1. The first-order valence-electron chi connectivity index (χ1n) is 8.62. The van der Waals surface area contributed by atoms with Gasteiger partial charge in [-0.3, -0.25) is 19.7 Å². The van der Waals surface area contributed by atoms with Gasteiger partial charge in [-0.25, -0.2) is 9.86 Å². The van der Waals surface area contributed by atoms with Crippen LogP contribution in [0.4, 0.5) is 5.69 Å². The highest BCUT2D eigenvalue weighted by Gasteiger charge is 2.31. The van der Waals surface area contributed by atoms with Crippen LogP contribution in [0.25, 0.3) is 0 Å². The van der Waals surface area contributed by atoms with Crippen molar-refractivity contribution in [2.75, 3.05) is 0 Å². The standard InChI is InChI=1S/C20H22N2O6/c1-20(2,3)28-21(14-23)18(13-15-7-5-4-6-8-15)19(24)27-17-11-9-16(10-12-17)22(25)26/h4-12,14,18H,13H2,1-3H3/t18-/m0/s1. The van der Waals surface area contributed by atoms with Crippen LogP contribution in [-0.4, -0.2) is 34.0 Å². The summed E-state index contributed by atoms with van der Waals surface area (Å²) in [7, 11) is 0. The van der Waals surface area contributed by atoms with E-state index in [-0.39, 0.29) is 17.9 Å². The molecular formula is C20H22N2O6. The zero-order valence-corrected chi connectivity index (χ0v) is 15.9. The second kappa shape index (κ2) is 9.09. The van der Waals surface area contributed by atoms with Gasteiger partial charge in [-0.15, -0.1) is 0 Å². The number of nitro groups is 1. The molecule has 28 heavy (non-hydrogen) atoms. The number of esters is 1. The molecule has 0 radical (unpaired) electrons. The summed E-state index contributed by atoms with van der Waals surface area (Å²) < 4.78 is 5.34. The number of hydroxylamine groups is 2. The van der Waals surface area contributed by atoms with Crippen LogP contribution in [0.15, 0.2) is 54.6 Å². The zero-order chi connectivity index (χ0) is 20.7. The largest absolute Gasteiger partial charge is 0.425 e. The van der Waals surface area contributed by atoms with E-state index >= 15 is 0 Å². The average molecular weight is 386 g/mol. The quantitative estimate of drug-likeness (QED) is 0.227. The van der Waals surface area contributed by atoms with Crippen molar-refractivity contribution in [2.45, 2.75) is 38.8 Å². The van der Waals surface area contributed by atoms with Gasteiger partial charge in [-0.1, -0.05) is 30.3 Å². The minimum Gasteiger partial charge on any atom is -0.425 e. The fourth-order valence-corrected chi connectivity index (χ4v) is 2.41. The molecule has 0 aliphatic heterocycles. The third kappa shape index (κ3) is 6.17. The van der Waals surface area contributed by atoms with E-state index in [2.05, 4.69) is 0 Å². The fourth-order valence-electron chi connectivity index (χ4n) is 2.41. The normalized spacial score (nSPS) is 12.1. The number of carbonyl (C=O) groups excluding carboxylic acids is 2. The summed E-state index contributed by atoms with van der Waals surface area (Å²) in [5, 5.41) is 11.7. The van der Waals surface area contributed by atoms with Crippen LogP contribution in [-0.2, 0) is 20.8 Å². The molecule has 0 aliphatic carbocycles. The molecule has 0 spiro atoms. The van der Waals surface area contributed by atoms with Crippen molar-refractivity contribution in [3.05, 3.63) is 70.3 Å². The molecular weight excluding hydrogens is 364 g/mol. The molecule has 0 saturated heterocycles. The monoisotopic (exact) mass is 386 g/mol. The summed E-state index contributed by atoms with van der Waals surface area (Å²) in [6, 6.07) is 13.2. The van der Waals surface area contributed by atoms with Gasteiger partial charge in [0.25, 0.3) is 5.69 Å². The van der Waals surface area contributed by atoms with Crippen LogP contribution < -0.4 is 4.74 Å². The van der Waals surface area contributed by atoms with Crippen molar-refractivity contribution in [3.8, 4) is 5.75 Å². The second-order valence-electron chi connectivity index (χ2n) is 7.05.